The van der Waals surface area contributed by atoms with Crippen molar-refractivity contribution in [1.29, 1.82) is 0 Å². The van der Waals surface area contributed by atoms with Crippen molar-refractivity contribution in [3.05, 3.63) is 11.9 Å². The van der Waals surface area contributed by atoms with Crippen molar-refractivity contribution in [3.8, 4) is 11.8 Å². The van der Waals surface area contributed by atoms with Gasteiger partial charge in [-0.15, -0.1) is 0 Å². The number of fused-ring (bicyclic) bond motifs is 2. The lowest BCUT2D eigenvalue weighted by atomic mass is 9.59. The summed E-state index contributed by atoms with van der Waals surface area (Å²) in [6.07, 6.45) is 4.75. The molecule has 0 amide bonds. The third-order valence-corrected chi connectivity index (χ3v) is 6.03. The lowest BCUT2D eigenvalue weighted by molar-refractivity contribution is -0.155. The lowest BCUT2D eigenvalue weighted by Gasteiger charge is -2.50. The minimum Gasteiger partial charge on any atom is -0.480 e. The van der Waals surface area contributed by atoms with Crippen molar-refractivity contribution in [1.82, 2.24) is 9.97 Å². The number of aliphatic hydroxyl groups is 1. The highest BCUT2D eigenvalue weighted by molar-refractivity contribution is 5.36. The highest BCUT2D eigenvalue weighted by Gasteiger charge is 2.70. The summed E-state index contributed by atoms with van der Waals surface area (Å²) < 4.78 is 10.5. The molecule has 0 saturated heterocycles. The molecule has 1 aromatic rings. The number of aromatic nitrogens is 2. The Morgan fingerprint density at radius 3 is 2.48 bits per heavy atom. The van der Waals surface area contributed by atoms with Crippen LogP contribution in [0, 0.1) is 16.7 Å². The molecule has 2 aliphatic rings. The zero-order chi connectivity index (χ0) is 15.5. The fourth-order valence-corrected chi connectivity index (χ4v) is 4.70. The summed E-state index contributed by atoms with van der Waals surface area (Å²) in [6.45, 7) is 6.42. The van der Waals surface area contributed by atoms with Gasteiger partial charge in [0, 0.05) is 10.8 Å². The number of ether oxygens (including phenoxy) is 2. The molecule has 0 aliphatic heterocycles. The maximum Gasteiger partial charge on any atom is 0.241 e. The second-order valence-electron chi connectivity index (χ2n) is 7.20. The van der Waals surface area contributed by atoms with E-state index in [2.05, 4.69) is 30.7 Å². The summed E-state index contributed by atoms with van der Waals surface area (Å²) in [6, 6.07) is 0. The van der Waals surface area contributed by atoms with Crippen LogP contribution in [0.25, 0.3) is 0 Å². The molecule has 3 unspecified atom stereocenters. The fourth-order valence-electron chi connectivity index (χ4n) is 4.70. The molecule has 3 rings (SSSR count). The first-order valence-corrected chi connectivity index (χ1v) is 7.48. The average molecular weight is 292 g/mol. The van der Waals surface area contributed by atoms with Gasteiger partial charge in [0.25, 0.3) is 0 Å². The zero-order valence-corrected chi connectivity index (χ0v) is 13.4. The Kier molecular flexibility index (Phi) is 3.00. The molecule has 116 valence electrons. The predicted octanol–water partition coefficient (Wildman–Crippen LogP) is 2.53. The van der Waals surface area contributed by atoms with Crippen LogP contribution in [-0.2, 0) is 5.60 Å². The van der Waals surface area contributed by atoms with Crippen molar-refractivity contribution >= 4 is 0 Å². The molecule has 5 heteroatoms. The van der Waals surface area contributed by atoms with Gasteiger partial charge < -0.3 is 14.6 Å². The van der Waals surface area contributed by atoms with E-state index in [1.165, 1.54) is 0 Å². The highest BCUT2D eigenvalue weighted by Crippen LogP contribution is 2.72. The third-order valence-electron chi connectivity index (χ3n) is 6.03. The Morgan fingerprint density at radius 1 is 1.24 bits per heavy atom. The number of methoxy groups -OCH3 is 2. The van der Waals surface area contributed by atoms with Crippen molar-refractivity contribution in [2.24, 2.45) is 16.7 Å². The number of nitrogens with zero attached hydrogens (tertiary/aromatic N) is 2. The van der Waals surface area contributed by atoms with Gasteiger partial charge >= 0.3 is 0 Å². The van der Waals surface area contributed by atoms with Gasteiger partial charge in [-0.3, -0.25) is 0 Å². The van der Waals surface area contributed by atoms with E-state index in [1.807, 2.05) is 0 Å². The Labute approximate surface area is 125 Å². The maximum absolute atomic E-state index is 11.7. The topological polar surface area (TPSA) is 64.5 Å². The van der Waals surface area contributed by atoms with Crippen molar-refractivity contribution in [3.63, 3.8) is 0 Å². The van der Waals surface area contributed by atoms with E-state index in [1.54, 1.807) is 20.4 Å². The highest BCUT2D eigenvalue weighted by atomic mass is 16.5. The molecule has 5 nitrogen and oxygen atoms in total. The maximum atomic E-state index is 11.7. The molecule has 0 aromatic carbocycles. The normalized spacial score (nSPS) is 36.8. The smallest absolute Gasteiger partial charge is 0.241 e. The second kappa shape index (κ2) is 4.32. The molecule has 0 radical (unpaired) electrons. The largest absolute Gasteiger partial charge is 0.480 e. The van der Waals surface area contributed by atoms with E-state index in [4.69, 9.17) is 9.47 Å². The van der Waals surface area contributed by atoms with E-state index < -0.39 is 5.60 Å². The monoisotopic (exact) mass is 292 g/mol. The molecule has 21 heavy (non-hydrogen) atoms. The molecule has 2 bridgehead atoms. The van der Waals surface area contributed by atoms with E-state index in [-0.39, 0.29) is 10.8 Å². The minimum atomic E-state index is -1.03. The van der Waals surface area contributed by atoms with Crippen LogP contribution in [0.1, 0.15) is 45.7 Å². The molecule has 1 heterocycles. The Morgan fingerprint density at radius 2 is 1.95 bits per heavy atom. The van der Waals surface area contributed by atoms with Crippen molar-refractivity contribution in [2.45, 2.75) is 45.6 Å². The first-order valence-electron chi connectivity index (χ1n) is 7.48. The summed E-state index contributed by atoms with van der Waals surface area (Å²) in [5.74, 6) is 1.25. The number of hydrogen-bond donors (Lipinski definition) is 1. The van der Waals surface area contributed by atoms with E-state index in [0.717, 1.165) is 19.3 Å². The van der Waals surface area contributed by atoms with Gasteiger partial charge in [0.15, 0.2) is 0 Å². The standard InChI is InChI=1S/C16H24N2O3/c1-14(2)10-6-7-15(3,8-10)16(14,19)12-13(21-5)18-11(20-4)9-17-12/h9-10,19H,6-8H2,1-5H3. The molecular weight excluding hydrogens is 268 g/mol. The average Bonchev–Trinajstić information content (AvgIpc) is 2.94. The van der Waals surface area contributed by atoms with Crippen LogP contribution in [-0.4, -0.2) is 29.3 Å². The molecule has 1 aromatic heterocycles. The van der Waals surface area contributed by atoms with E-state index in [0.29, 0.717) is 23.4 Å². The Balaban J connectivity index is 2.19. The molecule has 2 saturated carbocycles. The third kappa shape index (κ3) is 1.61. The van der Waals surface area contributed by atoms with Gasteiger partial charge in [-0.25, -0.2) is 4.98 Å². The van der Waals surface area contributed by atoms with Crippen LogP contribution in [0.3, 0.4) is 0 Å². The Hall–Kier alpha value is -1.36. The van der Waals surface area contributed by atoms with Gasteiger partial charge in [-0.2, -0.15) is 4.98 Å². The summed E-state index contributed by atoms with van der Waals surface area (Å²) in [5.41, 5.74) is -0.928. The fraction of sp³-hybridized carbons (Fsp3) is 0.750. The van der Waals surface area contributed by atoms with E-state index in [9.17, 15) is 5.11 Å². The first-order chi connectivity index (χ1) is 9.80. The zero-order valence-electron chi connectivity index (χ0n) is 13.4. The van der Waals surface area contributed by atoms with Gasteiger partial charge in [0.1, 0.15) is 11.3 Å². The summed E-state index contributed by atoms with van der Waals surface area (Å²) in [7, 11) is 3.10. The lowest BCUT2D eigenvalue weighted by Crippen LogP contribution is -2.52. The van der Waals surface area contributed by atoms with E-state index >= 15 is 0 Å². The molecule has 3 atom stereocenters. The quantitative estimate of drug-likeness (QED) is 0.927. The van der Waals surface area contributed by atoms with Crippen LogP contribution >= 0.6 is 0 Å². The van der Waals surface area contributed by atoms with Crippen LogP contribution in [0.5, 0.6) is 11.8 Å². The van der Waals surface area contributed by atoms with Gasteiger partial charge in [0.05, 0.1) is 20.4 Å². The van der Waals surface area contributed by atoms with Gasteiger partial charge in [-0.1, -0.05) is 20.8 Å². The van der Waals surface area contributed by atoms with Crippen molar-refractivity contribution < 1.29 is 14.6 Å². The first kappa shape index (κ1) is 14.6. The molecule has 1 N–H and O–H groups in total. The van der Waals surface area contributed by atoms with Crippen LogP contribution in [0.4, 0.5) is 0 Å². The summed E-state index contributed by atoms with van der Waals surface area (Å²) >= 11 is 0. The summed E-state index contributed by atoms with van der Waals surface area (Å²) in [4.78, 5) is 8.78. The van der Waals surface area contributed by atoms with Crippen molar-refractivity contribution in [2.75, 3.05) is 14.2 Å². The predicted molar refractivity (Wildman–Crippen MR) is 78.3 cm³/mol. The summed E-state index contributed by atoms with van der Waals surface area (Å²) in [5, 5.41) is 11.7. The molecule has 2 fully saturated rings. The molecule has 2 aliphatic carbocycles. The minimum absolute atomic E-state index is 0.183. The van der Waals surface area contributed by atoms with Crippen LogP contribution in [0.2, 0.25) is 0 Å². The van der Waals surface area contributed by atoms with Crippen LogP contribution < -0.4 is 9.47 Å². The molecule has 0 spiro atoms. The number of hydrogen-bond acceptors (Lipinski definition) is 5. The molecular formula is C16H24N2O3. The SMILES string of the molecule is COc1cnc(C2(O)C3(C)CCC(C3)C2(C)C)c(OC)n1. The van der Waals surface area contributed by atoms with Gasteiger partial charge in [0.2, 0.25) is 11.8 Å². The van der Waals surface area contributed by atoms with Gasteiger partial charge in [-0.05, 0) is 25.2 Å². The number of rotatable bonds is 3. The van der Waals surface area contributed by atoms with Crippen LogP contribution in [0.15, 0.2) is 6.20 Å². The second-order valence-corrected chi connectivity index (χ2v) is 7.20. The Bertz CT molecular complexity index is 568.